The van der Waals surface area contributed by atoms with Gasteiger partial charge in [-0.05, 0) is 48.6 Å². The number of hydrogen-bond acceptors (Lipinski definition) is 5. The Morgan fingerprint density at radius 3 is 2.89 bits per heavy atom. The molecule has 2 aliphatic heterocycles. The lowest BCUT2D eigenvalue weighted by Gasteiger charge is -2.15. The number of sulfone groups is 1. The number of methoxy groups -OCH3 is 1. The summed E-state index contributed by atoms with van der Waals surface area (Å²) in [5.74, 6) is 0.338. The van der Waals surface area contributed by atoms with Gasteiger partial charge in [-0.3, -0.25) is 0 Å². The van der Waals surface area contributed by atoms with Crippen molar-refractivity contribution in [1.82, 2.24) is 0 Å². The van der Waals surface area contributed by atoms with E-state index in [1.165, 1.54) is 5.57 Å². The summed E-state index contributed by atoms with van der Waals surface area (Å²) < 4.78 is 36.8. The molecule has 0 unspecified atom stereocenters. The first-order chi connectivity index (χ1) is 13.4. The van der Waals surface area contributed by atoms with Crippen molar-refractivity contribution in [3.05, 3.63) is 45.0 Å². The zero-order valence-electron chi connectivity index (χ0n) is 16.3. The van der Waals surface area contributed by atoms with E-state index in [9.17, 15) is 13.5 Å². The number of rotatable bonds is 8. The van der Waals surface area contributed by atoms with Crippen LogP contribution in [0.1, 0.15) is 38.2 Å². The fraction of sp³-hybridized carbons (Fsp3) is 0.524. The fourth-order valence-corrected chi connectivity index (χ4v) is 6.38. The molecular weight excluding hydrogens is 444 g/mol. The van der Waals surface area contributed by atoms with Crippen LogP contribution in [0.3, 0.4) is 0 Å². The summed E-state index contributed by atoms with van der Waals surface area (Å²) in [4.78, 5) is 0. The highest BCUT2D eigenvalue weighted by Crippen LogP contribution is 2.39. The Kier molecular flexibility index (Phi) is 7.02. The van der Waals surface area contributed by atoms with Crippen molar-refractivity contribution in [3.8, 4) is 5.75 Å². The van der Waals surface area contributed by atoms with E-state index in [0.29, 0.717) is 6.61 Å². The summed E-state index contributed by atoms with van der Waals surface area (Å²) >= 11 is 3.45. The largest absolute Gasteiger partial charge is 0.507 e. The van der Waals surface area contributed by atoms with Gasteiger partial charge in [0.15, 0.2) is 9.84 Å². The van der Waals surface area contributed by atoms with Gasteiger partial charge < -0.3 is 14.6 Å². The Bertz CT molecular complexity index is 888. The molecule has 0 bridgehead atoms. The standard InChI is InChI=1S/C21H27BrO5S/c1-3-4-14(9-15-10-17(22)6-7-18(15)23)5-8-19-21-16(11-26-2)13-28(24,25)20(21)12-27-19/h6-7,9-10,19-20,23H,3-5,8,11-13H2,1-2H3/b14-9+/t19-,20+/m1/s1. The van der Waals surface area contributed by atoms with E-state index in [1.54, 1.807) is 13.2 Å². The highest BCUT2D eigenvalue weighted by Gasteiger charge is 2.46. The van der Waals surface area contributed by atoms with Crippen molar-refractivity contribution >= 4 is 31.8 Å². The second-order valence-electron chi connectivity index (χ2n) is 7.40. The number of fused-ring (bicyclic) bond motifs is 1. The van der Waals surface area contributed by atoms with Gasteiger partial charge in [-0.25, -0.2) is 8.42 Å². The molecule has 0 aromatic heterocycles. The van der Waals surface area contributed by atoms with Crippen LogP contribution in [0.4, 0.5) is 0 Å². The van der Waals surface area contributed by atoms with Crippen LogP contribution in [0.2, 0.25) is 0 Å². The van der Waals surface area contributed by atoms with Crippen molar-refractivity contribution < 1.29 is 23.0 Å². The number of halogens is 1. The highest BCUT2D eigenvalue weighted by atomic mass is 79.9. The highest BCUT2D eigenvalue weighted by molar-refractivity contribution is 9.10. The maximum Gasteiger partial charge on any atom is 0.163 e. The number of phenolic OH excluding ortho intramolecular Hbond substituents is 1. The molecule has 1 saturated heterocycles. The third-order valence-electron chi connectivity index (χ3n) is 5.33. The molecule has 0 radical (unpaired) electrons. The second-order valence-corrected chi connectivity index (χ2v) is 10.5. The summed E-state index contributed by atoms with van der Waals surface area (Å²) in [7, 11) is -1.58. The van der Waals surface area contributed by atoms with Crippen LogP contribution in [0.5, 0.6) is 5.75 Å². The molecule has 28 heavy (non-hydrogen) atoms. The molecule has 5 nitrogen and oxygen atoms in total. The number of benzene rings is 1. The van der Waals surface area contributed by atoms with Crippen LogP contribution in [0, 0.1) is 0 Å². The van der Waals surface area contributed by atoms with E-state index in [1.807, 2.05) is 18.2 Å². The fourth-order valence-electron chi connectivity index (χ4n) is 4.08. The predicted molar refractivity (Wildman–Crippen MR) is 114 cm³/mol. The molecule has 1 aromatic carbocycles. The van der Waals surface area contributed by atoms with Crippen molar-refractivity contribution in [3.63, 3.8) is 0 Å². The molecule has 2 atom stereocenters. The Morgan fingerprint density at radius 2 is 2.18 bits per heavy atom. The van der Waals surface area contributed by atoms with Crippen molar-refractivity contribution in [2.24, 2.45) is 0 Å². The summed E-state index contributed by atoms with van der Waals surface area (Å²) in [6.45, 7) is 2.71. The molecule has 7 heteroatoms. The Labute approximate surface area is 175 Å². The molecule has 0 saturated carbocycles. The predicted octanol–water partition coefficient (Wildman–Crippen LogP) is 4.26. The molecule has 1 aromatic rings. The summed E-state index contributed by atoms with van der Waals surface area (Å²) in [6.07, 6.45) is 5.30. The number of allylic oxidation sites excluding steroid dienone is 1. The van der Waals surface area contributed by atoms with E-state index in [2.05, 4.69) is 22.9 Å². The first-order valence-corrected chi connectivity index (χ1v) is 12.1. The van der Waals surface area contributed by atoms with Gasteiger partial charge in [0.1, 0.15) is 11.0 Å². The molecule has 154 valence electrons. The minimum Gasteiger partial charge on any atom is -0.507 e. The molecule has 1 N–H and O–H groups in total. The lowest BCUT2D eigenvalue weighted by Crippen LogP contribution is -2.19. The SMILES string of the molecule is CCC/C(=C\c1cc(Br)ccc1O)CC[C@H]1OC[C@H]2C1=C(COC)CS2(=O)=O. The first kappa shape index (κ1) is 21.6. The Hall–Kier alpha value is -1.15. The van der Waals surface area contributed by atoms with Crippen molar-refractivity contribution in [2.75, 3.05) is 26.1 Å². The number of phenols is 1. The molecule has 0 spiro atoms. The van der Waals surface area contributed by atoms with Crippen LogP contribution < -0.4 is 0 Å². The third-order valence-corrected chi connectivity index (χ3v) is 7.83. The van der Waals surface area contributed by atoms with Gasteiger partial charge in [-0.1, -0.05) is 40.9 Å². The van der Waals surface area contributed by atoms with E-state index in [-0.39, 0.29) is 24.2 Å². The topological polar surface area (TPSA) is 72.8 Å². The van der Waals surface area contributed by atoms with Crippen LogP contribution >= 0.6 is 15.9 Å². The quantitative estimate of drug-likeness (QED) is 0.574. The number of aromatic hydroxyl groups is 1. The maximum absolute atomic E-state index is 12.4. The van der Waals surface area contributed by atoms with Crippen LogP contribution in [0.25, 0.3) is 6.08 Å². The molecule has 3 rings (SSSR count). The Morgan fingerprint density at radius 1 is 1.39 bits per heavy atom. The van der Waals surface area contributed by atoms with E-state index >= 15 is 0 Å². The van der Waals surface area contributed by atoms with Gasteiger partial charge in [0, 0.05) is 17.1 Å². The van der Waals surface area contributed by atoms with E-state index in [4.69, 9.17) is 9.47 Å². The van der Waals surface area contributed by atoms with E-state index < -0.39 is 15.1 Å². The average Bonchev–Trinajstić information content (AvgIpc) is 3.17. The normalized spacial score (nSPS) is 24.0. The number of ether oxygens (including phenoxy) is 2. The first-order valence-electron chi connectivity index (χ1n) is 9.57. The van der Waals surface area contributed by atoms with Gasteiger partial charge in [0.05, 0.1) is 25.1 Å². The van der Waals surface area contributed by atoms with E-state index in [0.717, 1.165) is 46.9 Å². The molecule has 2 heterocycles. The lowest BCUT2D eigenvalue weighted by atomic mass is 9.95. The smallest absolute Gasteiger partial charge is 0.163 e. The monoisotopic (exact) mass is 470 g/mol. The maximum atomic E-state index is 12.4. The molecule has 0 amide bonds. The van der Waals surface area contributed by atoms with Crippen LogP contribution in [-0.4, -0.2) is 51.0 Å². The second kappa shape index (κ2) is 9.11. The van der Waals surface area contributed by atoms with Crippen molar-refractivity contribution in [1.29, 1.82) is 0 Å². The van der Waals surface area contributed by atoms with Gasteiger partial charge >= 0.3 is 0 Å². The van der Waals surface area contributed by atoms with Gasteiger partial charge in [0.25, 0.3) is 0 Å². The third kappa shape index (κ3) is 4.70. The van der Waals surface area contributed by atoms with Crippen molar-refractivity contribution in [2.45, 2.75) is 44.0 Å². The Balaban J connectivity index is 1.78. The summed E-state index contributed by atoms with van der Waals surface area (Å²) in [5.41, 5.74) is 3.78. The summed E-state index contributed by atoms with van der Waals surface area (Å²) in [6, 6.07) is 5.38. The summed E-state index contributed by atoms with van der Waals surface area (Å²) in [5, 5.41) is 9.62. The molecule has 1 fully saturated rings. The molecular formula is C21H27BrO5S. The molecule has 2 aliphatic rings. The van der Waals surface area contributed by atoms with Gasteiger partial charge in [-0.15, -0.1) is 0 Å². The van der Waals surface area contributed by atoms with Crippen LogP contribution in [-0.2, 0) is 19.3 Å². The lowest BCUT2D eigenvalue weighted by molar-refractivity contribution is 0.116. The van der Waals surface area contributed by atoms with Gasteiger partial charge in [-0.2, -0.15) is 0 Å². The minimum atomic E-state index is -3.17. The molecule has 0 aliphatic carbocycles. The van der Waals surface area contributed by atoms with Crippen LogP contribution in [0.15, 0.2) is 39.4 Å². The number of hydrogen-bond donors (Lipinski definition) is 1. The average molecular weight is 471 g/mol. The van der Waals surface area contributed by atoms with Gasteiger partial charge in [0.2, 0.25) is 0 Å². The zero-order valence-corrected chi connectivity index (χ0v) is 18.7. The minimum absolute atomic E-state index is 0.0876. The zero-order chi connectivity index (χ0) is 20.3.